The molecule has 0 saturated heterocycles. The number of nitrogens with one attached hydrogen (secondary N) is 1. The highest BCUT2D eigenvalue weighted by Crippen LogP contribution is 2.28. The van der Waals surface area contributed by atoms with Crippen molar-refractivity contribution in [1.82, 2.24) is 5.43 Å². The summed E-state index contributed by atoms with van der Waals surface area (Å²) in [4.78, 5) is 22.0. The minimum absolute atomic E-state index is 0.0901. The van der Waals surface area contributed by atoms with Crippen LogP contribution in [0, 0.1) is 10.1 Å². The van der Waals surface area contributed by atoms with Gasteiger partial charge in [-0.3, -0.25) is 14.9 Å². The Labute approximate surface area is 137 Å². The summed E-state index contributed by atoms with van der Waals surface area (Å²) < 4.78 is 5.25. The first-order chi connectivity index (χ1) is 11.5. The van der Waals surface area contributed by atoms with Crippen molar-refractivity contribution in [3.05, 3.63) is 63.7 Å². The van der Waals surface area contributed by atoms with Crippen molar-refractivity contribution in [3.63, 3.8) is 0 Å². The standard InChI is InChI=1S/C16H15N3O5/c1-2-24-14-8-4-6-12(15(14)20)10-17-18-16(21)11-5-3-7-13(9-11)19(22)23/h3-10,20H,2H2,1H3,(H,18,21)/b17-10+. The average molecular weight is 329 g/mol. The van der Waals surface area contributed by atoms with Gasteiger partial charge in [0, 0.05) is 23.3 Å². The number of nitrogens with zero attached hydrogens (tertiary/aromatic N) is 2. The summed E-state index contributed by atoms with van der Waals surface area (Å²) in [5.41, 5.74) is 2.53. The van der Waals surface area contributed by atoms with E-state index in [1.54, 1.807) is 25.1 Å². The number of phenolic OH excluding ortho intramolecular Hbond substituents is 1. The van der Waals surface area contributed by atoms with E-state index in [0.717, 1.165) is 6.07 Å². The number of nitro groups is 1. The second-order valence-corrected chi connectivity index (χ2v) is 4.63. The molecule has 0 unspecified atom stereocenters. The molecule has 8 heteroatoms. The third-order valence-corrected chi connectivity index (χ3v) is 3.02. The van der Waals surface area contributed by atoms with Gasteiger partial charge in [-0.2, -0.15) is 5.10 Å². The van der Waals surface area contributed by atoms with Gasteiger partial charge < -0.3 is 9.84 Å². The summed E-state index contributed by atoms with van der Waals surface area (Å²) in [6.07, 6.45) is 1.26. The largest absolute Gasteiger partial charge is 0.504 e. The highest BCUT2D eigenvalue weighted by Gasteiger charge is 2.11. The molecule has 0 aliphatic carbocycles. The molecule has 24 heavy (non-hydrogen) atoms. The number of ether oxygens (including phenoxy) is 1. The van der Waals surface area contributed by atoms with E-state index in [2.05, 4.69) is 10.5 Å². The number of hydrazone groups is 1. The molecular formula is C16H15N3O5. The second kappa shape index (κ2) is 7.73. The van der Waals surface area contributed by atoms with E-state index in [-0.39, 0.29) is 17.0 Å². The highest BCUT2D eigenvalue weighted by molar-refractivity contribution is 5.95. The zero-order chi connectivity index (χ0) is 17.5. The van der Waals surface area contributed by atoms with E-state index in [4.69, 9.17) is 4.74 Å². The number of benzene rings is 2. The predicted octanol–water partition coefficient (Wildman–Crippen LogP) is 2.46. The molecule has 0 heterocycles. The summed E-state index contributed by atoms with van der Waals surface area (Å²) in [6.45, 7) is 2.19. The Balaban J connectivity index is 2.09. The molecule has 8 nitrogen and oxygen atoms in total. The molecule has 1 amide bonds. The zero-order valence-corrected chi connectivity index (χ0v) is 12.8. The lowest BCUT2D eigenvalue weighted by atomic mass is 10.2. The first kappa shape index (κ1) is 16.9. The lowest BCUT2D eigenvalue weighted by Gasteiger charge is -2.07. The Bertz CT molecular complexity index is 789. The number of rotatable bonds is 6. The van der Waals surface area contributed by atoms with Crippen LogP contribution in [0.15, 0.2) is 47.6 Å². The summed E-state index contributed by atoms with van der Waals surface area (Å²) in [6, 6.07) is 10.2. The van der Waals surface area contributed by atoms with E-state index >= 15 is 0 Å². The van der Waals surface area contributed by atoms with Gasteiger partial charge in [-0.15, -0.1) is 0 Å². The fourth-order valence-corrected chi connectivity index (χ4v) is 1.90. The highest BCUT2D eigenvalue weighted by atomic mass is 16.6. The van der Waals surface area contributed by atoms with E-state index in [1.807, 2.05) is 0 Å². The van der Waals surface area contributed by atoms with Crippen molar-refractivity contribution in [2.24, 2.45) is 5.10 Å². The Hall–Kier alpha value is -3.42. The van der Waals surface area contributed by atoms with Crippen molar-refractivity contribution in [2.75, 3.05) is 6.61 Å². The number of para-hydroxylation sites is 1. The number of amides is 1. The van der Waals surface area contributed by atoms with Gasteiger partial charge in [-0.1, -0.05) is 12.1 Å². The van der Waals surface area contributed by atoms with Crippen LogP contribution in [0.1, 0.15) is 22.8 Å². The third kappa shape index (κ3) is 4.07. The maximum atomic E-state index is 11.9. The topological polar surface area (TPSA) is 114 Å². The molecule has 2 N–H and O–H groups in total. The van der Waals surface area contributed by atoms with Crippen molar-refractivity contribution >= 4 is 17.8 Å². The first-order valence-electron chi connectivity index (χ1n) is 7.05. The summed E-state index contributed by atoms with van der Waals surface area (Å²) in [7, 11) is 0. The van der Waals surface area contributed by atoms with Crippen molar-refractivity contribution in [2.45, 2.75) is 6.92 Å². The van der Waals surface area contributed by atoms with Gasteiger partial charge in [0.05, 0.1) is 17.7 Å². The molecule has 0 atom stereocenters. The zero-order valence-electron chi connectivity index (χ0n) is 12.8. The number of carbonyl (C=O) groups excluding carboxylic acids is 1. The average Bonchev–Trinajstić information content (AvgIpc) is 2.58. The van der Waals surface area contributed by atoms with Gasteiger partial charge in [-0.25, -0.2) is 5.43 Å². The molecule has 0 aliphatic rings. The SMILES string of the molecule is CCOc1cccc(/C=N/NC(=O)c2cccc([N+](=O)[O-])c2)c1O. The van der Waals surface area contributed by atoms with Crippen LogP contribution in [0.3, 0.4) is 0 Å². The Morgan fingerprint density at radius 2 is 2.12 bits per heavy atom. The van der Waals surface area contributed by atoms with Gasteiger partial charge in [0.25, 0.3) is 11.6 Å². The normalized spacial score (nSPS) is 10.5. The number of nitro benzene ring substituents is 1. The van der Waals surface area contributed by atoms with Gasteiger partial charge in [-0.05, 0) is 25.1 Å². The fourth-order valence-electron chi connectivity index (χ4n) is 1.90. The lowest BCUT2D eigenvalue weighted by Crippen LogP contribution is -2.17. The summed E-state index contributed by atoms with van der Waals surface area (Å²) >= 11 is 0. The molecule has 0 saturated carbocycles. The fraction of sp³-hybridized carbons (Fsp3) is 0.125. The third-order valence-electron chi connectivity index (χ3n) is 3.02. The molecule has 124 valence electrons. The number of carbonyl (C=O) groups is 1. The molecule has 0 bridgehead atoms. The van der Waals surface area contributed by atoms with Crippen LogP contribution < -0.4 is 10.2 Å². The molecule has 0 aliphatic heterocycles. The van der Waals surface area contributed by atoms with E-state index in [0.29, 0.717) is 17.9 Å². The Morgan fingerprint density at radius 1 is 1.38 bits per heavy atom. The van der Waals surface area contributed by atoms with E-state index < -0.39 is 10.8 Å². The predicted molar refractivity (Wildman–Crippen MR) is 87.4 cm³/mol. The Morgan fingerprint density at radius 3 is 2.83 bits per heavy atom. The molecule has 0 fully saturated rings. The van der Waals surface area contributed by atoms with Gasteiger partial charge in [0.1, 0.15) is 0 Å². The number of hydrogen-bond donors (Lipinski definition) is 2. The summed E-state index contributed by atoms with van der Waals surface area (Å²) in [5, 5.41) is 24.4. The smallest absolute Gasteiger partial charge is 0.271 e. The van der Waals surface area contributed by atoms with Gasteiger partial charge in [0.2, 0.25) is 0 Å². The lowest BCUT2D eigenvalue weighted by molar-refractivity contribution is -0.384. The number of hydrogen-bond acceptors (Lipinski definition) is 6. The maximum Gasteiger partial charge on any atom is 0.271 e. The van der Waals surface area contributed by atoms with Crippen LogP contribution in [-0.4, -0.2) is 28.8 Å². The number of aromatic hydroxyl groups is 1. The number of phenols is 1. The minimum Gasteiger partial charge on any atom is -0.504 e. The summed E-state index contributed by atoms with van der Waals surface area (Å²) in [5.74, 6) is -0.380. The van der Waals surface area contributed by atoms with Crippen LogP contribution in [-0.2, 0) is 0 Å². The number of non-ortho nitro benzene ring substituents is 1. The molecule has 2 aromatic rings. The van der Waals surface area contributed by atoms with Crippen molar-refractivity contribution in [1.29, 1.82) is 0 Å². The molecule has 0 radical (unpaired) electrons. The first-order valence-corrected chi connectivity index (χ1v) is 7.05. The molecular weight excluding hydrogens is 314 g/mol. The van der Waals surface area contributed by atoms with Crippen LogP contribution in [0.5, 0.6) is 11.5 Å². The Kier molecular flexibility index (Phi) is 5.45. The minimum atomic E-state index is -0.601. The van der Waals surface area contributed by atoms with Crippen LogP contribution in [0.25, 0.3) is 0 Å². The monoisotopic (exact) mass is 329 g/mol. The maximum absolute atomic E-state index is 11.9. The molecule has 2 aromatic carbocycles. The van der Waals surface area contributed by atoms with E-state index in [1.165, 1.54) is 24.4 Å². The van der Waals surface area contributed by atoms with Gasteiger partial charge >= 0.3 is 0 Å². The molecule has 2 rings (SSSR count). The quantitative estimate of drug-likeness (QED) is 0.480. The van der Waals surface area contributed by atoms with Crippen LogP contribution >= 0.6 is 0 Å². The van der Waals surface area contributed by atoms with Crippen LogP contribution in [0.4, 0.5) is 5.69 Å². The second-order valence-electron chi connectivity index (χ2n) is 4.63. The molecule has 0 aromatic heterocycles. The van der Waals surface area contributed by atoms with E-state index in [9.17, 15) is 20.0 Å². The molecule has 0 spiro atoms. The van der Waals surface area contributed by atoms with Gasteiger partial charge in [0.15, 0.2) is 11.5 Å². The van der Waals surface area contributed by atoms with Crippen molar-refractivity contribution in [3.8, 4) is 11.5 Å². The van der Waals surface area contributed by atoms with Crippen molar-refractivity contribution < 1.29 is 19.6 Å². The van der Waals surface area contributed by atoms with Crippen LogP contribution in [0.2, 0.25) is 0 Å².